The summed E-state index contributed by atoms with van der Waals surface area (Å²) in [5.41, 5.74) is 3.37. The van der Waals surface area contributed by atoms with E-state index in [-0.39, 0.29) is 24.9 Å². The summed E-state index contributed by atoms with van der Waals surface area (Å²) in [6.45, 7) is 3.50. The van der Waals surface area contributed by atoms with E-state index in [9.17, 15) is 9.59 Å². The second kappa shape index (κ2) is 8.27. The average molecular weight is 365 g/mol. The number of aromatic nitrogens is 2. The van der Waals surface area contributed by atoms with Crippen molar-refractivity contribution in [2.45, 2.75) is 20.5 Å². The van der Waals surface area contributed by atoms with Crippen molar-refractivity contribution in [3.63, 3.8) is 0 Å². The predicted molar refractivity (Wildman–Crippen MR) is 97.8 cm³/mol. The molecule has 1 heterocycles. The van der Waals surface area contributed by atoms with Gasteiger partial charge in [0.1, 0.15) is 6.54 Å². The molecule has 27 heavy (non-hydrogen) atoms. The molecular formula is C20H19N3O4. The maximum absolute atomic E-state index is 12.0. The first-order chi connectivity index (χ1) is 13.0. The Bertz CT molecular complexity index is 948. The van der Waals surface area contributed by atoms with Crippen molar-refractivity contribution in [2.75, 3.05) is 6.54 Å². The zero-order chi connectivity index (χ0) is 19.2. The zero-order valence-corrected chi connectivity index (χ0v) is 15.1. The van der Waals surface area contributed by atoms with Crippen molar-refractivity contribution >= 4 is 11.9 Å². The van der Waals surface area contributed by atoms with Gasteiger partial charge in [0.2, 0.25) is 5.82 Å². The number of ether oxygens (including phenoxy) is 1. The molecule has 1 amide bonds. The van der Waals surface area contributed by atoms with Crippen molar-refractivity contribution in [1.82, 2.24) is 15.5 Å². The highest BCUT2D eigenvalue weighted by atomic mass is 16.5. The largest absolute Gasteiger partial charge is 0.456 e. The molecule has 3 rings (SSSR count). The Morgan fingerprint density at radius 3 is 2.59 bits per heavy atom. The van der Waals surface area contributed by atoms with E-state index in [1.807, 2.05) is 44.2 Å². The Morgan fingerprint density at radius 2 is 1.85 bits per heavy atom. The van der Waals surface area contributed by atoms with Gasteiger partial charge in [-0.3, -0.25) is 9.59 Å². The summed E-state index contributed by atoms with van der Waals surface area (Å²) in [4.78, 5) is 28.0. The highest BCUT2D eigenvalue weighted by Gasteiger charge is 2.12. The molecule has 3 aromatic rings. The number of benzene rings is 2. The van der Waals surface area contributed by atoms with Gasteiger partial charge in [0, 0.05) is 11.1 Å². The fourth-order valence-electron chi connectivity index (χ4n) is 2.36. The predicted octanol–water partition coefficient (Wildman–Crippen LogP) is 2.83. The van der Waals surface area contributed by atoms with Crippen LogP contribution in [0.5, 0.6) is 0 Å². The second-order valence-corrected chi connectivity index (χ2v) is 6.09. The summed E-state index contributed by atoms with van der Waals surface area (Å²) in [5, 5.41) is 6.31. The third kappa shape index (κ3) is 5.01. The molecule has 0 spiro atoms. The molecular weight excluding hydrogens is 346 g/mol. The molecule has 0 aliphatic carbocycles. The Balaban J connectivity index is 1.48. The van der Waals surface area contributed by atoms with E-state index >= 15 is 0 Å². The van der Waals surface area contributed by atoms with Crippen molar-refractivity contribution in [3.8, 4) is 11.5 Å². The fourth-order valence-corrected chi connectivity index (χ4v) is 2.36. The third-order valence-corrected chi connectivity index (χ3v) is 3.80. The smallest absolute Gasteiger partial charge is 0.325 e. The quantitative estimate of drug-likeness (QED) is 0.675. The molecule has 0 saturated carbocycles. The van der Waals surface area contributed by atoms with Crippen LogP contribution in [-0.2, 0) is 16.1 Å². The standard InChI is InChI=1S/C20H19N3O4/c1-13-6-8-15(9-7-13)20-22-17(23-27-20)12-26-18(24)11-21-19(25)16-5-3-4-14(2)10-16/h3-10H,11-12H2,1-2H3,(H,21,25). The summed E-state index contributed by atoms with van der Waals surface area (Å²) in [7, 11) is 0. The summed E-state index contributed by atoms with van der Waals surface area (Å²) >= 11 is 0. The first kappa shape index (κ1) is 18.3. The van der Waals surface area contributed by atoms with Crippen LogP contribution in [0.4, 0.5) is 0 Å². The van der Waals surface area contributed by atoms with Gasteiger partial charge in [0.25, 0.3) is 11.8 Å². The fraction of sp³-hybridized carbons (Fsp3) is 0.200. The van der Waals surface area contributed by atoms with Crippen molar-refractivity contribution in [1.29, 1.82) is 0 Å². The monoisotopic (exact) mass is 365 g/mol. The number of hydrogen-bond donors (Lipinski definition) is 1. The van der Waals surface area contributed by atoms with Crippen LogP contribution < -0.4 is 5.32 Å². The lowest BCUT2D eigenvalue weighted by Gasteiger charge is -2.05. The molecule has 0 radical (unpaired) electrons. The molecule has 138 valence electrons. The van der Waals surface area contributed by atoms with E-state index in [4.69, 9.17) is 9.26 Å². The SMILES string of the molecule is Cc1ccc(-c2nc(COC(=O)CNC(=O)c3cccc(C)c3)no2)cc1. The Morgan fingerprint density at radius 1 is 1.07 bits per heavy atom. The number of aryl methyl sites for hydroxylation is 2. The van der Waals surface area contributed by atoms with Crippen molar-refractivity contribution < 1.29 is 18.8 Å². The highest BCUT2D eigenvalue weighted by molar-refractivity contribution is 5.96. The van der Waals surface area contributed by atoms with E-state index in [0.29, 0.717) is 11.5 Å². The van der Waals surface area contributed by atoms with Crippen LogP contribution in [0.3, 0.4) is 0 Å². The van der Waals surface area contributed by atoms with Crippen molar-refractivity contribution in [3.05, 3.63) is 71.0 Å². The van der Waals surface area contributed by atoms with E-state index in [1.165, 1.54) is 0 Å². The molecule has 0 aliphatic heterocycles. The Hall–Kier alpha value is -3.48. The summed E-state index contributed by atoms with van der Waals surface area (Å²) in [6.07, 6.45) is 0. The van der Waals surface area contributed by atoms with Gasteiger partial charge < -0.3 is 14.6 Å². The van der Waals surface area contributed by atoms with Gasteiger partial charge in [-0.15, -0.1) is 0 Å². The topological polar surface area (TPSA) is 94.3 Å². The lowest BCUT2D eigenvalue weighted by molar-refractivity contribution is -0.143. The van der Waals surface area contributed by atoms with Gasteiger partial charge in [-0.1, -0.05) is 40.5 Å². The molecule has 1 N–H and O–H groups in total. The first-order valence-corrected chi connectivity index (χ1v) is 8.41. The third-order valence-electron chi connectivity index (χ3n) is 3.80. The lowest BCUT2D eigenvalue weighted by Crippen LogP contribution is -2.30. The van der Waals surface area contributed by atoms with Crippen LogP contribution in [0.2, 0.25) is 0 Å². The van der Waals surface area contributed by atoms with Crippen LogP contribution in [0.1, 0.15) is 27.3 Å². The van der Waals surface area contributed by atoms with Crippen LogP contribution in [0, 0.1) is 13.8 Å². The van der Waals surface area contributed by atoms with E-state index in [0.717, 1.165) is 16.7 Å². The van der Waals surface area contributed by atoms with Crippen LogP contribution >= 0.6 is 0 Å². The van der Waals surface area contributed by atoms with E-state index < -0.39 is 5.97 Å². The molecule has 2 aromatic carbocycles. The highest BCUT2D eigenvalue weighted by Crippen LogP contribution is 2.17. The Labute approximate surface area is 156 Å². The normalized spacial score (nSPS) is 10.4. The molecule has 1 aromatic heterocycles. The van der Waals surface area contributed by atoms with Gasteiger partial charge >= 0.3 is 5.97 Å². The van der Waals surface area contributed by atoms with Gasteiger partial charge in [0.15, 0.2) is 6.61 Å². The number of nitrogens with zero attached hydrogens (tertiary/aromatic N) is 2. The van der Waals surface area contributed by atoms with Crippen LogP contribution in [0.25, 0.3) is 11.5 Å². The van der Waals surface area contributed by atoms with Crippen LogP contribution in [0.15, 0.2) is 53.1 Å². The molecule has 0 fully saturated rings. The maximum Gasteiger partial charge on any atom is 0.325 e. The molecule has 7 heteroatoms. The van der Waals surface area contributed by atoms with Gasteiger partial charge in [0.05, 0.1) is 0 Å². The number of esters is 1. The number of rotatable bonds is 6. The number of carbonyl (C=O) groups excluding carboxylic acids is 2. The number of hydrogen-bond acceptors (Lipinski definition) is 6. The average Bonchev–Trinajstić information content (AvgIpc) is 3.14. The molecule has 0 atom stereocenters. The number of nitrogens with one attached hydrogen (secondary N) is 1. The van der Waals surface area contributed by atoms with Crippen LogP contribution in [-0.4, -0.2) is 28.6 Å². The summed E-state index contributed by atoms with van der Waals surface area (Å²) in [6, 6.07) is 14.7. The van der Waals surface area contributed by atoms with Gasteiger partial charge in [-0.2, -0.15) is 4.98 Å². The summed E-state index contributed by atoms with van der Waals surface area (Å²) in [5.74, 6) is -0.313. The first-order valence-electron chi connectivity index (χ1n) is 8.41. The Kier molecular flexibility index (Phi) is 5.61. The van der Waals surface area contributed by atoms with E-state index in [2.05, 4.69) is 15.5 Å². The molecule has 0 saturated heterocycles. The lowest BCUT2D eigenvalue weighted by atomic mass is 10.1. The minimum atomic E-state index is -0.585. The number of carbonyl (C=O) groups is 2. The van der Waals surface area contributed by atoms with Gasteiger partial charge in [-0.25, -0.2) is 0 Å². The zero-order valence-electron chi connectivity index (χ0n) is 15.1. The molecule has 0 bridgehead atoms. The minimum Gasteiger partial charge on any atom is -0.456 e. The van der Waals surface area contributed by atoms with Crippen molar-refractivity contribution in [2.24, 2.45) is 0 Å². The van der Waals surface area contributed by atoms with E-state index in [1.54, 1.807) is 18.2 Å². The summed E-state index contributed by atoms with van der Waals surface area (Å²) < 4.78 is 10.2. The molecule has 0 aliphatic rings. The molecule has 0 unspecified atom stereocenters. The number of amides is 1. The second-order valence-electron chi connectivity index (χ2n) is 6.09. The van der Waals surface area contributed by atoms with Gasteiger partial charge in [-0.05, 0) is 38.1 Å². The molecule has 7 nitrogen and oxygen atoms in total. The maximum atomic E-state index is 12.0. The minimum absolute atomic E-state index is 0.130.